The molecule has 2 amide bonds. The molecule has 1 aliphatic heterocycles. The van der Waals surface area contributed by atoms with Crippen LogP contribution in [0.1, 0.15) is 74.5 Å². The molecule has 14 heteroatoms. The third-order valence-corrected chi connectivity index (χ3v) is 11.7. The number of aliphatic hydroxyl groups excluding tert-OH is 5. The molecule has 0 bridgehead atoms. The molecule has 13 nitrogen and oxygen atoms in total. The summed E-state index contributed by atoms with van der Waals surface area (Å²) in [5.41, 5.74) is 5.44. The van der Waals surface area contributed by atoms with E-state index < -0.39 is 31.0 Å². The summed E-state index contributed by atoms with van der Waals surface area (Å²) in [5.74, 6) is 0.865. The van der Waals surface area contributed by atoms with Gasteiger partial charge in [0, 0.05) is 74.2 Å². The molecule has 5 atom stereocenters. The highest BCUT2D eigenvalue weighted by Gasteiger charge is 2.46. The van der Waals surface area contributed by atoms with E-state index >= 15 is 0 Å². The van der Waals surface area contributed by atoms with Crippen molar-refractivity contribution in [3.05, 3.63) is 82.6 Å². The molecule has 2 aliphatic carbocycles. The molecule has 6 rings (SSSR count). The molecule has 3 fully saturated rings. The van der Waals surface area contributed by atoms with E-state index in [0.717, 1.165) is 66.0 Å². The molecular formula is C42H56ClN5O8. The second-order valence-electron chi connectivity index (χ2n) is 15.6. The van der Waals surface area contributed by atoms with Gasteiger partial charge in [-0.15, -0.1) is 0 Å². The van der Waals surface area contributed by atoms with Crippen LogP contribution in [-0.4, -0.2) is 129 Å². The second kappa shape index (κ2) is 19.2. The molecule has 3 aromatic rings. The molecule has 1 unspecified atom stereocenters. The van der Waals surface area contributed by atoms with Gasteiger partial charge in [-0.3, -0.25) is 19.5 Å². The molecular weight excluding hydrogens is 738 g/mol. The Labute approximate surface area is 333 Å². The van der Waals surface area contributed by atoms with E-state index in [0.29, 0.717) is 45.2 Å². The number of halogens is 1. The molecule has 2 heterocycles. The molecule has 7 N–H and O–H groups in total. The molecule has 1 saturated heterocycles. The Hall–Kier alpha value is -3.66. The monoisotopic (exact) mass is 793 g/mol. The number of hydrogen-bond acceptors (Lipinski definition) is 11. The van der Waals surface area contributed by atoms with E-state index in [2.05, 4.69) is 58.9 Å². The maximum absolute atomic E-state index is 13.1. The van der Waals surface area contributed by atoms with Gasteiger partial charge in [0.1, 0.15) is 24.1 Å². The van der Waals surface area contributed by atoms with Crippen LogP contribution >= 0.6 is 11.6 Å². The summed E-state index contributed by atoms with van der Waals surface area (Å²) in [5, 5.41) is 55.1. The van der Waals surface area contributed by atoms with Crippen molar-refractivity contribution in [3.8, 4) is 16.9 Å². The van der Waals surface area contributed by atoms with Crippen LogP contribution in [0.15, 0.2) is 60.9 Å². The van der Waals surface area contributed by atoms with Crippen molar-refractivity contribution in [1.82, 2.24) is 25.4 Å². The predicted molar refractivity (Wildman–Crippen MR) is 212 cm³/mol. The van der Waals surface area contributed by atoms with Crippen molar-refractivity contribution >= 4 is 23.4 Å². The van der Waals surface area contributed by atoms with Crippen LogP contribution < -0.4 is 15.4 Å². The van der Waals surface area contributed by atoms with Crippen LogP contribution in [0.3, 0.4) is 0 Å². The Bertz CT molecular complexity index is 1780. The van der Waals surface area contributed by atoms with Crippen molar-refractivity contribution in [3.63, 3.8) is 0 Å². The molecule has 2 saturated carbocycles. The lowest BCUT2D eigenvalue weighted by Crippen LogP contribution is -2.53. The Morgan fingerprint density at radius 2 is 1.71 bits per heavy atom. The average molecular weight is 794 g/mol. The summed E-state index contributed by atoms with van der Waals surface area (Å²) < 4.78 is 6.28. The summed E-state index contributed by atoms with van der Waals surface area (Å²) in [4.78, 5) is 33.8. The smallest absolute Gasteiger partial charge is 0.234 e. The van der Waals surface area contributed by atoms with Crippen molar-refractivity contribution in [2.45, 2.75) is 100 Å². The van der Waals surface area contributed by atoms with Gasteiger partial charge >= 0.3 is 0 Å². The number of pyridine rings is 1. The Morgan fingerprint density at radius 3 is 2.43 bits per heavy atom. The fourth-order valence-electron chi connectivity index (χ4n) is 7.34. The number of piperazine rings is 1. The summed E-state index contributed by atoms with van der Waals surface area (Å²) in [7, 11) is 0. The fraction of sp³-hybridized carbons (Fsp3) is 0.548. The molecule has 1 aromatic heterocycles. The van der Waals surface area contributed by atoms with Gasteiger partial charge in [0.05, 0.1) is 25.4 Å². The fourth-order valence-corrected chi connectivity index (χ4v) is 7.52. The maximum Gasteiger partial charge on any atom is 0.234 e. The molecule has 304 valence electrons. The van der Waals surface area contributed by atoms with Crippen LogP contribution in [0.2, 0.25) is 5.02 Å². The third-order valence-electron chi connectivity index (χ3n) is 11.3. The van der Waals surface area contributed by atoms with Crippen molar-refractivity contribution < 1.29 is 39.9 Å². The largest absolute Gasteiger partial charge is 0.490 e. The first-order chi connectivity index (χ1) is 27.0. The van der Waals surface area contributed by atoms with Crippen LogP contribution in [0.25, 0.3) is 11.1 Å². The minimum Gasteiger partial charge on any atom is -0.490 e. The van der Waals surface area contributed by atoms with Gasteiger partial charge in [-0.2, -0.15) is 0 Å². The summed E-state index contributed by atoms with van der Waals surface area (Å²) in [6.07, 6.45) is 3.75. The zero-order valence-corrected chi connectivity index (χ0v) is 32.8. The van der Waals surface area contributed by atoms with E-state index in [1.165, 1.54) is 11.1 Å². The Kier molecular flexibility index (Phi) is 14.4. The highest BCUT2D eigenvalue weighted by atomic mass is 35.5. The van der Waals surface area contributed by atoms with Gasteiger partial charge in [0.2, 0.25) is 11.8 Å². The van der Waals surface area contributed by atoms with Crippen molar-refractivity contribution in [2.24, 2.45) is 0 Å². The number of aliphatic hydroxyl groups is 5. The maximum atomic E-state index is 13.1. The Balaban J connectivity index is 0.937. The lowest BCUT2D eigenvalue weighted by atomic mass is 9.93. The van der Waals surface area contributed by atoms with Gasteiger partial charge in [0.25, 0.3) is 0 Å². The first-order valence-electron chi connectivity index (χ1n) is 19.8. The number of nitrogens with one attached hydrogen (secondary N) is 2. The molecule has 0 spiro atoms. The van der Waals surface area contributed by atoms with Gasteiger partial charge < -0.3 is 45.8 Å². The number of benzene rings is 2. The van der Waals surface area contributed by atoms with E-state index in [9.17, 15) is 30.0 Å². The third kappa shape index (κ3) is 10.8. The normalized spacial score (nSPS) is 19.4. The zero-order chi connectivity index (χ0) is 39.8. The van der Waals surface area contributed by atoms with E-state index in [4.69, 9.17) is 21.4 Å². The van der Waals surface area contributed by atoms with Gasteiger partial charge in [-0.1, -0.05) is 48.9 Å². The number of rotatable bonds is 20. The number of aromatic nitrogens is 1. The number of carbonyl (C=O) groups excluding carboxylic acids is 2. The zero-order valence-electron chi connectivity index (χ0n) is 32.0. The molecule has 0 radical (unpaired) electrons. The Morgan fingerprint density at radius 1 is 0.982 bits per heavy atom. The lowest BCUT2D eigenvalue weighted by molar-refractivity contribution is -0.133. The predicted octanol–water partition coefficient (Wildman–Crippen LogP) is 2.69. The van der Waals surface area contributed by atoms with Crippen molar-refractivity contribution in [2.75, 3.05) is 45.9 Å². The standard InChI is InChI=1S/C42H56ClN5O8/c1-27(5-4-8-39(53)48-19-17-47(18-20-48)25-38(52)45-24-35(50)40(54)41(55)36(51)26-49)28-9-12-34(43)29(21-28)22-46-42(14-15-42)33-23-44-16-13-31(33)32-6-2-3-7-37(32)56-30-10-11-30/h2-3,6-7,9,12-13,16,21,23,27,30,35-36,40-41,46,49-51,54-55H,4-5,8,10-11,14-15,17-20,22,24-26H2,1H3,(H,45,52)/t27?,35-,36+,40+,41+/m0/s1. The number of carbonyl (C=O) groups is 2. The first kappa shape index (κ1) is 42.0. The van der Waals surface area contributed by atoms with Crippen molar-refractivity contribution in [1.29, 1.82) is 0 Å². The second-order valence-corrected chi connectivity index (χ2v) is 16.0. The highest BCUT2D eigenvalue weighted by molar-refractivity contribution is 6.31. The number of nitrogens with zero attached hydrogens (tertiary/aromatic N) is 3. The lowest BCUT2D eigenvalue weighted by Gasteiger charge is -2.34. The van der Waals surface area contributed by atoms with Crippen LogP contribution in [0, 0.1) is 0 Å². The van der Waals surface area contributed by atoms with Crippen LogP contribution in [0.5, 0.6) is 5.75 Å². The van der Waals surface area contributed by atoms with E-state index in [1.807, 2.05) is 34.3 Å². The van der Waals surface area contributed by atoms with Crippen LogP contribution in [0.4, 0.5) is 0 Å². The molecule has 56 heavy (non-hydrogen) atoms. The SMILES string of the molecule is CC(CCCC(=O)N1CCN(CC(=O)NC[C@H](O)[C@@H](O)[C@H](O)[C@H](O)CO)CC1)c1ccc(Cl)c(CNC2(c3cnccc3-c3ccccc3OC3CC3)CC2)c1. The summed E-state index contributed by atoms with van der Waals surface area (Å²) in [6, 6.07) is 16.6. The average Bonchev–Trinajstić information content (AvgIpc) is 4.17. The van der Waals surface area contributed by atoms with E-state index in [1.54, 1.807) is 0 Å². The van der Waals surface area contributed by atoms with E-state index in [-0.39, 0.29) is 36.4 Å². The summed E-state index contributed by atoms with van der Waals surface area (Å²) in [6.45, 7) is 3.79. The number of hydrogen-bond donors (Lipinski definition) is 7. The minimum atomic E-state index is -1.76. The number of para-hydroxylation sites is 1. The number of ether oxygens (including phenoxy) is 1. The first-order valence-corrected chi connectivity index (χ1v) is 20.2. The van der Waals surface area contributed by atoms with Crippen LogP contribution in [-0.2, 0) is 21.7 Å². The minimum absolute atomic E-state index is 0.0541. The quantitative estimate of drug-likeness (QED) is 0.0892. The summed E-state index contributed by atoms with van der Waals surface area (Å²) >= 11 is 6.75. The molecule has 3 aliphatic rings. The molecule has 2 aromatic carbocycles. The van der Waals surface area contributed by atoms with Gasteiger partial charge in [-0.25, -0.2) is 0 Å². The number of amides is 2. The topological polar surface area (TPSA) is 188 Å². The van der Waals surface area contributed by atoms with Gasteiger partial charge in [0.15, 0.2) is 0 Å². The highest BCUT2D eigenvalue weighted by Crippen LogP contribution is 2.50. The van der Waals surface area contributed by atoms with Gasteiger partial charge in [-0.05, 0) is 84.9 Å².